The SMILES string of the molecule is Oc1ccccc1C=Nc1cccc(Br)c1. The summed E-state index contributed by atoms with van der Waals surface area (Å²) in [5.41, 5.74) is 1.56. The summed E-state index contributed by atoms with van der Waals surface area (Å²) in [7, 11) is 0. The first-order valence-corrected chi connectivity index (χ1v) is 5.62. The van der Waals surface area contributed by atoms with Crippen molar-refractivity contribution in [2.24, 2.45) is 4.99 Å². The monoisotopic (exact) mass is 275 g/mol. The zero-order chi connectivity index (χ0) is 11.4. The Morgan fingerprint density at radius 1 is 1.06 bits per heavy atom. The van der Waals surface area contributed by atoms with Gasteiger partial charge in [-0.3, -0.25) is 4.99 Å². The molecule has 0 aromatic heterocycles. The molecule has 0 radical (unpaired) electrons. The Morgan fingerprint density at radius 3 is 2.62 bits per heavy atom. The van der Waals surface area contributed by atoms with Gasteiger partial charge in [0.25, 0.3) is 0 Å². The second-order valence-electron chi connectivity index (χ2n) is 3.30. The normalized spacial score (nSPS) is 10.8. The first kappa shape index (κ1) is 10.9. The summed E-state index contributed by atoms with van der Waals surface area (Å²) in [6.45, 7) is 0. The van der Waals surface area contributed by atoms with Gasteiger partial charge < -0.3 is 5.11 Å². The molecule has 0 unspecified atom stereocenters. The number of hydrogen-bond acceptors (Lipinski definition) is 2. The van der Waals surface area contributed by atoms with E-state index in [1.54, 1.807) is 18.3 Å². The Bertz CT molecular complexity index is 523. The topological polar surface area (TPSA) is 32.6 Å². The quantitative estimate of drug-likeness (QED) is 0.829. The van der Waals surface area contributed by atoms with E-state index < -0.39 is 0 Å². The van der Waals surface area contributed by atoms with Crippen LogP contribution in [-0.2, 0) is 0 Å². The lowest BCUT2D eigenvalue weighted by molar-refractivity contribution is 0.474. The van der Waals surface area contributed by atoms with Gasteiger partial charge in [0.05, 0.1) is 5.69 Å². The van der Waals surface area contributed by atoms with E-state index in [0.29, 0.717) is 5.56 Å². The average Bonchev–Trinajstić information content (AvgIpc) is 2.28. The van der Waals surface area contributed by atoms with E-state index in [0.717, 1.165) is 10.2 Å². The third-order valence-corrected chi connectivity index (χ3v) is 2.59. The second kappa shape index (κ2) is 4.94. The summed E-state index contributed by atoms with van der Waals surface area (Å²) in [5, 5.41) is 9.54. The van der Waals surface area contributed by atoms with Gasteiger partial charge >= 0.3 is 0 Å². The van der Waals surface area contributed by atoms with Gasteiger partial charge in [-0.05, 0) is 30.3 Å². The predicted octanol–water partition coefficient (Wildman–Crippen LogP) is 3.91. The number of phenolic OH excluding ortho intramolecular Hbond substituents is 1. The van der Waals surface area contributed by atoms with Gasteiger partial charge in [0.1, 0.15) is 5.75 Å². The van der Waals surface area contributed by atoms with Crippen LogP contribution in [0.3, 0.4) is 0 Å². The fourth-order valence-electron chi connectivity index (χ4n) is 1.30. The Morgan fingerprint density at radius 2 is 1.88 bits per heavy atom. The third kappa shape index (κ3) is 2.70. The van der Waals surface area contributed by atoms with E-state index in [-0.39, 0.29) is 5.75 Å². The smallest absolute Gasteiger partial charge is 0.124 e. The summed E-state index contributed by atoms with van der Waals surface area (Å²) in [5.74, 6) is 0.237. The van der Waals surface area contributed by atoms with Crippen molar-refractivity contribution in [3.63, 3.8) is 0 Å². The molecule has 0 bridgehead atoms. The number of nitrogens with zero attached hydrogens (tertiary/aromatic N) is 1. The van der Waals surface area contributed by atoms with Crippen LogP contribution in [0.25, 0.3) is 0 Å². The summed E-state index contributed by atoms with van der Waals surface area (Å²) < 4.78 is 0.986. The molecule has 2 rings (SSSR count). The number of halogens is 1. The summed E-state index contributed by atoms with van der Waals surface area (Å²) in [6, 6.07) is 14.8. The number of rotatable bonds is 2. The molecule has 0 spiro atoms. The van der Waals surface area contributed by atoms with Crippen molar-refractivity contribution in [2.45, 2.75) is 0 Å². The lowest BCUT2D eigenvalue weighted by atomic mass is 10.2. The number of hydrogen-bond donors (Lipinski definition) is 1. The van der Waals surface area contributed by atoms with Crippen molar-refractivity contribution in [1.29, 1.82) is 0 Å². The van der Waals surface area contributed by atoms with Gasteiger partial charge in [-0.25, -0.2) is 0 Å². The van der Waals surface area contributed by atoms with Gasteiger partial charge in [-0.1, -0.05) is 34.1 Å². The number of aliphatic imine (C=N–C) groups is 1. The van der Waals surface area contributed by atoms with Crippen LogP contribution in [0.15, 0.2) is 58.0 Å². The van der Waals surface area contributed by atoms with E-state index in [2.05, 4.69) is 20.9 Å². The molecule has 80 valence electrons. The van der Waals surface area contributed by atoms with E-state index in [1.807, 2.05) is 36.4 Å². The molecule has 0 saturated heterocycles. The van der Waals surface area contributed by atoms with Crippen molar-refractivity contribution in [3.05, 3.63) is 58.6 Å². The molecular weight excluding hydrogens is 266 g/mol. The Labute approximate surface area is 102 Å². The first-order chi connectivity index (χ1) is 7.75. The summed E-state index contributed by atoms with van der Waals surface area (Å²) in [4.78, 5) is 4.28. The maximum Gasteiger partial charge on any atom is 0.124 e. The number of phenols is 1. The van der Waals surface area contributed by atoms with Crippen LogP contribution in [0.1, 0.15) is 5.56 Å². The van der Waals surface area contributed by atoms with Crippen LogP contribution in [0.2, 0.25) is 0 Å². The number of aromatic hydroxyl groups is 1. The lowest BCUT2D eigenvalue weighted by Crippen LogP contribution is -1.80. The molecule has 3 heteroatoms. The third-order valence-electron chi connectivity index (χ3n) is 2.10. The zero-order valence-corrected chi connectivity index (χ0v) is 10.1. The minimum atomic E-state index is 0.237. The Balaban J connectivity index is 2.25. The highest BCUT2D eigenvalue weighted by atomic mass is 79.9. The maximum absolute atomic E-state index is 9.54. The standard InChI is InChI=1S/C13H10BrNO/c14-11-5-3-6-12(8-11)15-9-10-4-1-2-7-13(10)16/h1-9,16H. The molecule has 0 atom stereocenters. The molecule has 0 heterocycles. The Hall–Kier alpha value is -1.61. The highest BCUT2D eigenvalue weighted by Gasteiger charge is 1.95. The van der Waals surface area contributed by atoms with Crippen molar-refractivity contribution in [1.82, 2.24) is 0 Å². The largest absolute Gasteiger partial charge is 0.507 e. The van der Waals surface area contributed by atoms with Crippen molar-refractivity contribution >= 4 is 27.8 Å². The van der Waals surface area contributed by atoms with E-state index in [4.69, 9.17) is 0 Å². The van der Waals surface area contributed by atoms with Crippen molar-refractivity contribution < 1.29 is 5.11 Å². The van der Waals surface area contributed by atoms with Gasteiger partial charge in [-0.2, -0.15) is 0 Å². The molecule has 2 aromatic carbocycles. The zero-order valence-electron chi connectivity index (χ0n) is 8.47. The fourth-order valence-corrected chi connectivity index (χ4v) is 1.68. The van der Waals surface area contributed by atoms with Crippen LogP contribution in [0.5, 0.6) is 5.75 Å². The Kier molecular flexibility index (Phi) is 3.37. The molecule has 0 aliphatic rings. The van der Waals surface area contributed by atoms with E-state index in [1.165, 1.54) is 0 Å². The number of benzene rings is 2. The summed E-state index contributed by atoms with van der Waals surface area (Å²) >= 11 is 3.38. The van der Waals surface area contributed by atoms with Crippen LogP contribution in [0, 0.1) is 0 Å². The van der Waals surface area contributed by atoms with Crippen molar-refractivity contribution in [2.75, 3.05) is 0 Å². The second-order valence-corrected chi connectivity index (χ2v) is 4.21. The van der Waals surface area contributed by atoms with E-state index in [9.17, 15) is 5.11 Å². The van der Waals surface area contributed by atoms with Crippen LogP contribution in [-0.4, -0.2) is 11.3 Å². The van der Waals surface area contributed by atoms with Gasteiger partial charge in [0.15, 0.2) is 0 Å². The molecule has 2 nitrogen and oxygen atoms in total. The average molecular weight is 276 g/mol. The molecule has 1 N–H and O–H groups in total. The van der Waals surface area contributed by atoms with Crippen LogP contribution < -0.4 is 0 Å². The molecule has 0 amide bonds. The van der Waals surface area contributed by atoms with Crippen LogP contribution >= 0.6 is 15.9 Å². The molecule has 0 fully saturated rings. The first-order valence-electron chi connectivity index (χ1n) is 4.83. The molecule has 2 aromatic rings. The highest BCUT2D eigenvalue weighted by molar-refractivity contribution is 9.10. The molecule has 16 heavy (non-hydrogen) atoms. The van der Waals surface area contributed by atoms with E-state index >= 15 is 0 Å². The highest BCUT2D eigenvalue weighted by Crippen LogP contribution is 2.19. The molecule has 0 aliphatic carbocycles. The predicted molar refractivity (Wildman–Crippen MR) is 69.5 cm³/mol. The minimum Gasteiger partial charge on any atom is -0.507 e. The van der Waals surface area contributed by atoms with Gasteiger partial charge in [-0.15, -0.1) is 0 Å². The van der Waals surface area contributed by atoms with Crippen LogP contribution in [0.4, 0.5) is 5.69 Å². The maximum atomic E-state index is 9.54. The lowest BCUT2D eigenvalue weighted by Gasteiger charge is -1.97. The minimum absolute atomic E-state index is 0.237. The van der Waals surface area contributed by atoms with Crippen molar-refractivity contribution in [3.8, 4) is 5.75 Å². The molecule has 0 aliphatic heterocycles. The fraction of sp³-hybridized carbons (Fsp3) is 0. The van der Waals surface area contributed by atoms with Gasteiger partial charge in [0, 0.05) is 16.3 Å². The molecule has 0 saturated carbocycles. The molecular formula is C13H10BrNO. The van der Waals surface area contributed by atoms with Gasteiger partial charge in [0.2, 0.25) is 0 Å². The number of para-hydroxylation sites is 1. The summed E-state index contributed by atoms with van der Waals surface area (Å²) in [6.07, 6.45) is 1.65.